The molecule has 1 heterocycles. The Balaban J connectivity index is 2.11. The molecular formula is C14H18N2S. The minimum absolute atomic E-state index is 0.328. The van der Waals surface area contributed by atoms with Gasteiger partial charge in [0.2, 0.25) is 0 Å². The first-order valence-electron chi connectivity index (χ1n) is 6.02. The van der Waals surface area contributed by atoms with Crippen molar-refractivity contribution in [3.8, 4) is 6.07 Å². The van der Waals surface area contributed by atoms with Crippen LogP contribution in [0.25, 0.3) is 0 Å². The second kappa shape index (κ2) is 5.01. The second-order valence-electron chi connectivity index (χ2n) is 4.86. The summed E-state index contributed by atoms with van der Waals surface area (Å²) in [7, 11) is 0. The first kappa shape index (κ1) is 12.3. The van der Waals surface area contributed by atoms with Crippen LogP contribution >= 0.6 is 11.8 Å². The normalized spacial score (nSPS) is 23.4. The van der Waals surface area contributed by atoms with Gasteiger partial charge in [0.25, 0.3) is 0 Å². The fourth-order valence-corrected chi connectivity index (χ4v) is 3.49. The van der Waals surface area contributed by atoms with Crippen molar-refractivity contribution in [1.82, 2.24) is 0 Å². The van der Waals surface area contributed by atoms with Crippen LogP contribution in [0.3, 0.4) is 0 Å². The zero-order valence-corrected chi connectivity index (χ0v) is 11.2. The molecule has 90 valence electrons. The number of rotatable bonds is 3. The van der Waals surface area contributed by atoms with Crippen molar-refractivity contribution in [3.63, 3.8) is 0 Å². The quantitative estimate of drug-likeness (QED) is 0.885. The van der Waals surface area contributed by atoms with E-state index in [2.05, 4.69) is 18.3 Å². The Hall–Kier alpha value is -1.14. The largest absolute Gasteiger partial charge is 0.382 e. The van der Waals surface area contributed by atoms with Crippen molar-refractivity contribution < 1.29 is 0 Å². The molecule has 1 aromatic rings. The van der Waals surface area contributed by atoms with E-state index in [-0.39, 0.29) is 0 Å². The summed E-state index contributed by atoms with van der Waals surface area (Å²) in [5.74, 6) is 1.26. The minimum atomic E-state index is 0.328. The Morgan fingerprint density at radius 2 is 2.35 bits per heavy atom. The number of hydrogen-bond acceptors (Lipinski definition) is 3. The van der Waals surface area contributed by atoms with Crippen molar-refractivity contribution in [2.75, 3.05) is 17.6 Å². The van der Waals surface area contributed by atoms with Gasteiger partial charge in [0.15, 0.2) is 0 Å². The molecule has 2 rings (SSSR count). The molecule has 1 N–H and O–H groups in total. The molecule has 0 spiro atoms. The van der Waals surface area contributed by atoms with Gasteiger partial charge in [-0.05, 0) is 44.1 Å². The molecule has 0 bridgehead atoms. The predicted octanol–water partition coefficient (Wildman–Crippen LogP) is 3.56. The summed E-state index contributed by atoms with van der Waals surface area (Å²) < 4.78 is 0.328. The first-order chi connectivity index (χ1) is 8.14. The molecule has 17 heavy (non-hydrogen) atoms. The van der Waals surface area contributed by atoms with Crippen molar-refractivity contribution in [2.45, 2.75) is 31.4 Å². The number of para-hydroxylation sites is 1. The van der Waals surface area contributed by atoms with Gasteiger partial charge in [-0.15, -0.1) is 0 Å². The van der Waals surface area contributed by atoms with Crippen molar-refractivity contribution in [1.29, 1.82) is 5.26 Å². The average Bonchev–Trinajstić information content (AvgIpc) is 2.75. The lowest BCUT2D eigenvalue weighted by Crippen LogP contribution is -2.27. The standard InChI is InChI=1S/C14H18N2S/c1-11-5-3-6-12(9-15)13(11)16-10-14(2)7-4-8-17-14/h3,5-6,16H,4,7-8,10H2,1-2H3. The molecule has 1 fully saturated rings. The van der Waals surface area contributed by atoms with Gasteiger partial charge in [-0.2, -0.15) is 17.0 Å². The molecule has 1 atom stereocenters. The summed E-state index contributed by atoms with van der Waals surface area (Å²) in [5.41, 5.74) is 2.90. The van der Waals surface area contributed by atoms with Gasteiger partial charge in [-0.25, -0.2) is 0 Å². The fraction of sp³-hybridized carbons (Fsp3) is 0.500. The lowest BCUT2D eigenvalue weighted by Gasteiger charge is -2.24. The van der Waals surface area contributed by atoms with Crippen LogP contribution in [0.4, 0.5) is 5.69 Å². The number of nitrogens with one attached hydrogen (secondary N) is 1. The monoisotopic (exact) mass is 246 g/mol. The van der Waals surface area contributed by atoms with Gasteiger partial charge in [0.05, 0.1) is 11.3 Å². The lowest BCUT2D eigenvalue weighted by molar-refractivity contribution is 0.634. The summed E-state index contributed by atoms with van der Waals surface area (Å²) in [4.78, 5) is 0. The Kier molecular flexibility index (Phi) is 3.63. The highest BCUT2D eigenvalue weighted by atomic mass is 32.2. The fourth-order valence-electron chi connectivity index (χ4n) is 2.25. The third kappa shape index (κ3) is 2.76. The maximum absolute atomic E-state index is 9.10. The van der Waals surface area contributed by atoms with Crippen molar-refractivity contribution >= 4 is 17.4 Å². The molecular weight excluding hydrogens is 228 g/mol. The molecule has 0 aromatic heterocycles. The molecule has 0 saturated carbocycles. The van der Waals surface area contributed by atoms with Crippen molar-refractivity contribution in [2.24, 2.45) is 0 Å². The van der Waals surface area contributed by atoms with E-state index in [9.17, 15) is 0 Å². The molecule has 1 aromatic carbocycles. The van der Waals surface area contributed by atoms with Crippen LogP contribution < -0.4 is 5.32 Å². The number of thioether (sulfide) groups is 1. The molecule has 1 aliphatic heterocycles. The Bertz CT molecular complexity index is 442. The van der Waals surface area contributed by atoms with Crippen molar-refractivity contribution in [3.05, 3.63) is 29.3 Å². The molecule has 2 nitrogen and oxygen atoms in total. The van der Waals surface area contributed by atoms with Gasteiger partial charge in [-0.3, -0.25) is 0 Å². The Morgan fingerprint density at radius 1 is 1.53 bits per heavy atom. The average molecular weight is 246 g/mol. The molecule has 1 saturated heterocycles. The third-order valence-corrected chi connectivity index (χ3v) is 4.87. The van der Waals surface area contributed by atoms with E-state index in [0.29, 0.717) is 4.75 Å². The smallest absolute Gasteiger partial charge is 0.101 e. The number of hydrogen-bond donors (Lipinski definition) is 1. The maximum Gasteiger partial charge on any atom is 0.101 e. The van der Waals surface area contributed by atoms with Crippen LogP contribution in [-0.2, 0) is 0 Å². The second-order valence-corrected chi connectivity index (χ2v) is 6.55. The zero-order chi connectivity index (χ0) is 12.3. The lowest BCUT2D eigenvalue weighted by atomic mass is 10.0. The Labute approximate surface area is 107 Å². The number of benzene rings is 1. The number of nitrogens with zero attached hydrogens (tertiary/aromatic N) is 1. The summed E-state index contributed by atoms with van der Waals surface area (Å²) in [6.45, 7) is 5.30. The summed E-state index contributed by atoms with van der Waals surface area (Å²) in [6, 6.07) is 8.11. The van der Waals surface area contributed by atoms with E-state index in [1.54, 1.807) is 0 Å². The third-order valence-electron chi connectivity index (χ3n) is 3.33. The molecule has 0 amide bonds. The summed E-state index contributed by atoms with van der Waals surface area (Å²) in [6.07, 6.45) is 2.57. The number of aryl methyl sites for hydroxylation is 1. The number of anilines is 1. The summed E-state index contributed by atoms with van der Waals surface area (Å²) in [5, 5.41) is 12.6. The highest BCUT2D eigenvalue weighted by Crippen LogP contribution is 2.38. The van der Waals surface area contributed by atoms with Gasteiger partial charge >= 0.3 is 0 Å². The first-order valence-corrected chi connectivity index (χ1v) is 7.01. The van der Waals surface area contributed by atoms with E-state index >= 15 is 0 Å². The zero-order valence-electron chi connectivity index (χ0n) is 10.4. The highest BCUT2D eigenvalue weighted by Gasteiger charge is 2.29. The van der Waals surface area contributed by atoms with E-state index in [0.717, 1.165) is 23.4 Å². The maximum atomic E-state index is 9.10. The van der Waals surface area contributed by atoms with Gasteiger partial charge in [-0.1, -0.05) is 12.1 Å². The van der Waals surface area contributed by atoms with Crippen LogP contribution in [0.2, 0.25) is 0 Å². The van der Waals surface area contributed by atoms with Crippen LogP contribution in [-0.4, -0.2) is 17.0 Å². The highest BCUT2D eigenvalue weighted by molar-refractivity contribution is 8.00. The summed E-state index contributed by atoms with van der Waals surface area (Å²) >= 11 is 2.04. The predicted molar refractivity (Wildman–Crippen MR) is 74.5 cm³/mol. The van der Waals surface area contributed by atoms with E-state index in [4.69, 9.17) is 5.26 Å². The molecule has 1 aliphatic rings. The van der Waals surface area contributed by atoms with E-state index in [1.165, 1.54) is 18.6 Å². The van der Waals surface area contributed by atoms with Gasteiger partial charge < -0.3 is 5.32 Å². The molecule has 1 unspecified atom stereocenters. The SMILES string of the molecule is Cc1cccc(C#N)c1NCC1(C)CCCS1. The van der Waals surface area contributed by atoms with E-state index < -0.39 is 0 Å². The van der Waals surface area contributed by atoms with E-state index in [1.807, 2.05) is 36.9 Å². The van der Waals surface area contributed by atoms with Gasteiger partial charge in [0, 0.05) is 11.3 Å². The van der Waals surface area contributed by atoms with Crippen LogP contribution in [0.15, 0.2) is 18.2 Å². The van der Waals surface area contributed by atoms with Crippen LogP contribution in [0, 0.1) is 18.3 Å². The molecule has 0 aliphatic carbocycles. The number of nitriles is 1. The van der Waals surface area contributed by atoms with Crippen LogP contribution in [0.5, 0.6) is 0 Å². The van der Waals surface area contributed by atoms with Gasteiger partial charge in [0.1, 0.15) is 6.07 Å². The molecule has 0 radical (unpaired) electrons. The minimum Gasteiger partial charge on any atom is -0.382 e. The topological polar surface area (TPSA) is 35.8 Å². The Morgan fingerprint density at radius 3 is 3.00 bits per heavy atom. The molecule has 3 heteroatoms. The van der Waals surface area contributed by atoms with Crippen LogP contribution in [0.1, 0.15) is 30.9 Å².